The molecule has 1 fully saturated rings. The van der Waals surface area contributed by atoms with Crippen LogP contribution in [0.4, 0.5) is 26.1 Å². The number of nitrogens with one attached hydrogen (secondary N) is 1. The molecular weight excluding hydrogens is 416 g/mol. The van der Waals surface area contributed by atoms with Gasteiger partial charge in [0.25, 0.3) is 0 Å². The second kappa shape index (κ2) is 6.78. The Morgan fingerprint density at radius 3 is 2.56 bits per heavy atom. The van der Waals surface area contributed by atoms with Crippen molar-refractivity contribution in [3.05, 3.63) is 41.6 Å². The fraction of sp³-hybridized carbons (Fsp3) is 0.409. The molecule has 1 amide bonds. The molecule has 0 atom stereocenters. The van der Waals surface area contributed by atoms with Crippen LogP contribution in [0.2, 0.25) is 0 Å². The van der Waals surface area contributed by atoms with E-state index in [-0.39, 0.29) is 11.3 Å². The lowest BCUT2D eigenvalue weighted by atomic mass is 10.0. The zero-order chi connectivity index (χ0) is 22.8. The lowest BCUT2D eigenvalue weighted by Gasteiger charge is -2.22. The third-order valence-corrected chi connectivity index (χ3v) is 6.26. The van der Waals surface area contributed by atoms with Crippen LogP contribution >= 0.6 is 0 Å². The van der Waals surface area contributed by atoms with Gasteiger partial charge in [-0.3, -0.25) is 9.48 Å². The van der Waals surface area contributed by atoms with Gasteiger partial charge in [-0.2, -0.15) is 13.9 Å². The Labute approximate surface area is 183 Å². The maximum Gasteiger partial charge on any atom is 0.303 e. The third kappa shape index (κ3) is 3.30. The number of amides is 1. The molecule has 5 rings (SSSR count). The number of aryl methyl sites for hydroxylation is 1. The van der Waals surface area contributed by atoms with Crippen molar-refractivity contribution in [2.45, 2.75) is 45.0 Å². The summed E-state index contributed by atoms with van der Waals surface area (Å²) < 4.78 is 30.4. The first-order chi connectivity index (χ1) is 15.1. The van der Waals surface area contributed by atoms with Crippen LogP contribution in [0, 0.1) is 6.92 Å². The first-order valence-corrected chi connectivity index (χ1v) is 10.4. The monoisotopic (exact) mass is 439 g/mol. The Kier molecular flexibility index (Phi) is 4.34. The number of alkyl halides is 2. The molecule has 3 aromatic rings. The Hall–Kier alpha value is -3.43. The first-order valence-electron chi connectivity index (χ1n) is 10.4. The summed E-state index contributed by atoms with van der Waals surface area (Å²) in [5.41, 5.74) is 3.70. The number of rotatable bonds is 4. The van der Waals surface area contributed by atoms with Crippen molar-refractivity contribution >= 4 is 23.2 Å². The summed E-state index contributed by atoms with van der Waals surface area (Å²) in [6.07, 6.45) is 5.39. The minimum absolute atomic E-state index is 0.0543. The number of halogens is 2. The highest BCUT2D eigenvalue weighted by molar-refractivity contribution is 5.89. The second-order valence-electron chi connectivity index (χ2n) is 8.72. The van der Waals surface area contributed by atoms with Crippen LogP contribution in [0.5, 0.6) is 0 Å². The van der Waals surface area contributed by atoms with Crippen molar-refractivity contribution in [3.63, 3.8) is 0 Å². The highest BCUT2D eigenvalue weighted by atomic mass is 19.3. The summed E-state index contributed by atoms with van der Waals surface area (Å²) in [5.74, 6) is -3.17. The molecule has 32 heavy (non-hydrogen) atoms. The van der Waals surface area contributed by atoms with E-state index in [0.717, 1.165) is 36.7 Å². The minimum atomic E-state index is -3.21. The van der Waals surface area contributed by atoms with Gasteiger partial charge < -0.3 is 10.2 Å². The third-order valence-electron chi connectivity index (χ3n) is 6.26. The summed E-state index contributed by atoms with van der Waals surface area (Å²) in [6.45, 7) is 4.69. The van der Waals surface area contributed by atoms with Crippen molar-refractivity contribution in [1.82, 2.24) is 24.7 Å². The van der Waals surface area contributed by atoms with Gasteiger partial charge in [-0.05, 0) is 19.8 Å². The molecule has 0 bridgehead atoms. The van der Waals surface area contributed by atoms with Gasteiger partial charge in [0.2, 0.25) is 11.7 Å². The van der Waals surface area contributed by atoms with E-state index < -0.39 is 11.7 Å². The van der Waals surface area contributed by atoms with E-state index in [9.17, 15) is 13.6 Å². The van der Waals surface area contributed by atoms with Gasteiger partial charge >= 0.3 is 5.92 Å². The van der Waals surface area contributed by atoms with E-state index >= 15 is 0 Å². The number of hydrogen-bond acceptors (Lipinski definition) is 6. The van der Waals surface area contributed by atoms with Crippen molar-refractivity contribution in [3.8, 4) is 11.3 Å². The number of carbonyl (C=O) groups is 1. The smallest absolute Gasteiger partial charge is 0.303 e. The van der Waals surface area contributed by atoms with E-state index in [0.29, 0.717) is 29.4 Å². The molecule has 0 unspecified atom stereocenters. The Balaban J connectivity index is 1.66. The molecule has 0 radical (unpaired) electrons. The van der Waals surface area contributed by atoms with Gasteiger partial charge in [0.1, 0.15) is 11.6 Å². The lowest BCUT2D eigenvalue weighted by Crippen LogP contribution is -2.23. The number of nitrogens with zero attached hydrogens (tertiary/aromatic N) is 6. The highest BCUT2D eigenvalue weighted by Crippen LogP contribution is 2.58. The number of hydrogen-bond donors (Lipinski definition) is 1. The zero-order valence-electron chi connectivity index (χ0n) is 18.3. The molecule has 1 aliphatic heterocycles. The number of anilines is 3. The Morgan fingerprint density at radius 2 is 1.97 bits per heavy atom. The second-order valence-corrected chi connectivity index (χ2v) is 8.72. The summed E-state index contributed by atoms with van der Waals surface area (Å²) in [4.78, 5) is 26.3. The van der Waals surface area contributed by atoms with E-state index in [2.05, 4.69) is 25.4 Å². The molecule has 10 heteroatoms. The van der Waals surface area contributed by atoms with Crippen LogP contribution < -0.4 is 10.2 Å². The van der Waals surface area contributed by atoms with Gasteiger partial charge in [0.15, 0.2) is 0 Å². The van der Waals surface area contributed by atoms with Gasteiger partial charge in [-0.25, -0.2) is 15.0 Å². The first kappa shape index (κ1) is 20.5. The number of pyridine rings is 1. The molecule has 0 saturated heterocycles. The van der Waals surface area contributed by atoms with Crippen molar-refractivity contribution in [2.24, 2.45) is 7.05 Å². The summed E-state index contributed by atoms with van der Waals surface area (Å²) in [6, 6.07) is 3.51. The molecule has 1 N–H and O–H groups in total. The Bertz CT molecular complexity index is 1240. The van der Waals surface area contributed by atoms with Crippen LogP contribution in [0.1, 0.15) is 43.8 Å². The quantitative estimate of drug-likeness (QED) is 0.665. The maximum atomic E-state index is 14.4. The predicted molar refractivity (Wildman–Crippen MR) is 115 cm³/mol. The van der Waals surface area contributed by atoms with Gasteiger partial charge in [-0.15, -0.1) is 0 Å². The molecule has 1 spiro atoms. The van der Waals surface area contributed by atoms with Crippen LogP contribution in [0.15, 0.2) is 24.5 Å². The van der Waals surface area contributed by atoms with Crippen molar-refractivity contribution in [2.75, 3.05) is 16.8 Å². The Morgan fingerprint density at radius 1 is 1.22 bits per heavy atom. The number of fused-ring (bicyclic) bond motifs is 2. The fourth-order valence-corrected chi connectivity index (χ4v) is 4.24. The molecule has 1 aliphatic carbocycles. The SMILES string of the molecule is CC(=O)Nc1cc2c(cn1)C1(CC1)CN2c1cc(-c2cnn(C)c2C)nc(C(C)(F)F)n1. The molecule has 4 heterocycles. The summed E-state index contributed by atoms with van der Waals surface area (Å²) in [7, 11) is 1.79. The zero-order valence-corrected chi connectivity index (χ0v) is 18.3. The van der Waals surface area contributed by atoms with E-state index in [1.165, 1.54) is 6.92 Å². The maximum absolute atomic E-state index is 14.4. The minimum Gasteiger partial charge on any atom is -0.325 e. The van der Waals surface area contributed by atoms with Crippen LogP contribution in [0.3, 0.4) is 0 Å². The molecular formula is C22H23F2N7O. The molecule has 166 valence electrons. The molecule has 1 saturated carbocycles. The van der Waals surface area contributed by atoms with Crippen LogP contribution in [-0.4, -0.2) is 37.2 Å². The van der Waals surface area contributed by atoms with Crippen molar-refractivity contribution in [1.29, 1.82) is 0 Å². The molecule has 8 nitrogen and oxygen atoms in total. The summed E-state index contributed by atoms with van der Waals surface area (Å²) >= 11 is 0. The fourth-order valence-electron chi connectivity index (χ4n) is 4.24. The standard InChI is InChI=1S/C22H23F2N7O/c1-12-14(9-26-30(12)4)16-7-19(29-20(28-16)21(3,23)24)31-11-22(5-6-22)15-10-25-18(8-17(15)31)27-13(2)32/h7-10H,5-6,11H2,1-4H3,(H,25,27,32). The van der Waals surface area contributed by atoms with Crippen LogP contribution in [-0.2, 0) is 23.2 Å². The highest BCUT2D eigenvalue weighted by Gasteiger charge is 2.53. The topological polar surface area (TPSA) is 88.8 Å². The number of aromatic nitrogens is 5. The largest absolute Gasteiger partial charge is 0.325 e. The average Bonchev–Trinajstić information content (AvgIpc) is 3.33. The molecule has 3 aromatic heterocycles. The van der Waals surface area contributed by atoms with Crippen molar-refractivity contribution < 1.29 is 13.6 Å². The predicted octanol–water partition coefficient (Wildman–Crippen LogP) is 3.83. The number of carbonyl (C=O) groups excluding carboxylic acids is 1. The summed E-state index contributed by atoms with van der Waals surface area (Å²) in [5, 5.41) is 6.92. The molecule has 0 aromatic carbocycles. The van der Waals surface area contributed by atoms with Gasteiger partial charge in [0.05, 0.1) is 17.6 Å². The van der Waals surface area contributed by atoms with Gasteiger partial charge in [0, 0.05) is 68.0 Å². The molecule has 2 aliphatic rings. The van der Waals surface area contributed by atoms with E-state index in [4.69, 9.17) is 0 Å². The van der Waals surface area contributed by atoms with Gasteiger partial charge in [-0.1, -0.05) is 0 Å². The average molecular weight is 439 g/mol. The normalized spacial score (nSPS) is 16.4. The van der Waals surface area contributed by atoms with E-state index in [1.807, 2.05) is 11.8 Å². The van der Waals surface area contributed by atoms with Crippen LogP contribution in [0.25, 0.3) is 11.3 Å². The lowest BCUT2D eigenvalue weighted by molar-refractivity contribution is -0.114. The van der Waals surface area contributed by atoms with E-state index in [1.54, 1.807) is 36.3 Å².